The Morgan fingerprint density at radius 3 is 1.93 bits per heavy atom. The Balaban J connectivity index is 2.55. The number of benzene rings is 1. The molecule has 0 fully saturated rings. The van der Waals surface area contributed by atoms with E-state index in [0.29, 0.717) is 26.2 Å². The summed E-state index contributed by atoms with van der Waals surface area (Å²) in [5.41, 5.74) is 18.2. The largest absolute Gasteiger partial charge is 0.329 e. The minimum Gasteiger partial charge on any atom is -0.329 e. The lowest BCUT2D eigenvalue weighted by Crippen LogP contribution is -2.51. The Labute approximate surface area is 90.4 Å². The Hall–Kier alpha value is -1.14. The van der Waals surface area contributed by atoms with Crippen LogP contribution in [0.1, 0.15) is 0 Å². The van der Waals surface area contributed by atoms with Gasteiger partial charge in [0, 0.05) is 26.2 Å². The summed E-state index contributed by atoms with van der Waals surface area (Å²) in [5.74, 6) is 0. The second-order valence-electron chi connectivity index (χ2n) is 3.06. The third-order valence-corrected chi connectivity index (χ3v) is 1.84. The average molecular weight is 209 g/mol. The van der Waals surface area contributed by atoms with E-state index >= 15 is 0 Å². The van der Waals surface area contributed by atoms with Crippen molar-refractivity contribution in [1.82, 2.24) is 10.9 Å². The van der Waals surface area contributed by atoms with Gasteiger partial charge in [0.1, 0.15) is 0 Å². The first-order chi connectivity index (χ1) is 7.38. The second kappa shape index (κ2) is 7.19. The van der Waals surface area contributed by atoms with Crippen LogP contribution < -0.4 is 27.4 Å². The van der Waals surface area contributed by atoms with Crippen LogP contribution in [0.2, 0.25) is 0 Å². The van der Waals surface area contributed by atoms with Crippen molar-refractivity contribution in [3.8, 4) is 0 Å². The van der Waals surface area contributed by atoms with E-state index in [4.69, 9.17) is 11.5 Å². The summed E-state index contributed by atoms with van der Waals surface area (Å²) in [5, 5.41) is 1.85. The van der Waals surface area contributed by atoms with Crippen LogP contribution in [0.25, 0.3) is 0 Å². The van der Waals surface area contributed by atoms with Crippen LogP contribution in [-0.2, 0) is 0 Å². The molecule has 0 aliphatic rings. The molecule has 6 N–H and O–H groups in total. The molecule has 0 bridgehead atoms. The van der Waals surface area contributed by atoms with Crippen LogP contribution in [0.3, 0.4) is 0 Å². The highest BCUT2D eigenvalue weighted by molar-refractivity contribution is 5.43. The highest BCUT2D eigenvalue weighted by atomic mass is 15.7. The second-order valence-corrected chi connectivity index (χ2v) is 3.06. The molecule has 0 aromatic heterocycles. The Morgan fingerprint density at radius 1 is 0.933 bits per heavy atom. The summed E-state index contributed by atoms with van der Waals surface area (Å²) in [6.07, 6.45) is 0. The molecule has 0 saturated heterocycles. The van der Waals surface area contributed by atoms with E-state index in [1.807, 2.05) is 35.4 Å². The van der Waals surface area contributed by atoms with Gasteiger partial charge in [0.15, 0.2) is 0 Å². The molecule has 0 heterocycles. The molecule has 5 heteroatoms. The van der Waals surface area contributed by atoms with E-state index < -0.39 is 0 Å². The number of hydrogen-bond donors (Lipinski definition) is 4. The van der Waals surface area contributed by atoms with Crippen LogP contribution in [0, 0.1) is 0 Å². The van der Waals surface area contributed by atoms with Gasteiger partial charge in [-0.3, -0.25) is 0 Å². The summed E-state index contributed by atoms with van der Waals surface area (Å²) in [6.45, 7) is 2.61. The number of rotatable bonds is 7. The van der Waals surface area contributed by atoms with Gasteiger partial charge in [0.05, 0.1) is 5.69 Å². The van der Waals surface area contributed by atoms with Gasteiger partial charge in [0.2, 0.25) is 0 Å². The Kier molecular flexibility index (Phi) is 5.72. The van der Waals surface area contributed by atoms with Crippen LogP contribution in [0.4, 0.5) is 5.69 Å². The topological polar surface area (TPSA) is 79.3 Å². The third-order valence-electron chi connectivity index (χ3n) is 1.84. The predicted octanol–water partition coefficient (Wildman–Crippen LogP) is -0.580. The maximum Gasteiger partial charge on any atom is 0.0702 e. The molecule has 0 unspecified atom stereocenters. The molecule has 1 rings (SSSR count). The van der Waals surface area contributed by atoms with E-state index in [-0.39, 0.29) is 0 Å². The van der Waals surface area contributed by atoms with Crippen LogP contribution in [0.15, 0.2) is 30.3 Å². The molecule has 15 heavy (non-hydrogen) atoms. The third kappa shape index (κ3) is 4.26. The lowest BCUT2D eigenvalue weighted by Gasteiger charge is -2.25. The van der Waals surface area contributed by atoms with Crippen molar-refractivity contribution in [2.75, 3.05) is 31.3 Å². The van der Waals surface area contributed by atoms with Crippen molar-refractivity contribution in [1.29, 1.82) is 0 Å². The number of para-hydroxylation sites is 1. The zero-order chi connectivity index (χ0) is 10.9. The molecular formula is C10H19N5. The molecule has 0 aliphatic heterocycles. The first-order valence-electron chi connectivity index (χ1n) is 5.11. The van der Waals surface area contributed by atoms with Gasteiger partial charge in [-0.2, -0.15) is 0 Å². The number of nitrogens with zero attached hydrogens (tertiary/aromatic N) is 1. The minimum absolute atomic E-state index is 0.591. The monoisotopic (exact) mass is 209 g/mol. The Bertz CT molecular complexity index is 243. The molecule has 84 valence electrons. The van der Waals surface area contributed by atoms with Crippen molar-refractivity contribution in [3.63, 3.8) is 0 Å². The summed E-state index contributed by atoms with van der Waals surface area (Å²) >= 11 is 0. The maximum absolute atomic E-state index is 5.44. The van der Waals surface area contributed by atoms with Gasteiger partial charge in [-0.25, -0.2) is 16.0 Å². The van der Waals surface area contributed by atoms with Gasteiger partial charge in [-0.05, 0) is 12.1 Å². The van der Waals surface area contributed by atoms with Crippen molar-refractivity contribution < 1.29 is 0 Å². The SMILES string of the molecule is NCCNN(NCCN)c1ccccc1. The summed E-state index contributed by atoms with van der Waals surface area (Å²) in [7, 11) is 0. The smallest absolute Gasteiger partial charge is 0.0702 e. The number of hydrazine groups is 2. The highest BCUT2D eigenvalue weighted by Gasteiger charge is 2.02. The molecule has 0 amide bonds. The van der Waals surface area contributed by atoms with Gasteiger partial charge in [0.25, 0.3) is 0 Å². The van der Waals surface area contributed by atoms with Gasteiger partial charge < -0.3 is 11.5 Å². The summed E-state index contributed by atoms with van der Waals surface area (Å²) < 4.78 is 0. The molecular weight excluding hydrogens is 190 g/mol. The fraction of sp³-hybridized carbons (Fsp3) is 0.400. The first kappa shape index (κ1) is 11.9. The summed E-state index contributed by atoms with van der Waals surface area (Å²) in [6, 6.07) is 9.96. The van der Waals surface area contributed by atoms with Gasteiger partial charge >= 0.3 is 0 Å². The fourth-order valence-electron chi connectivity index (χ4n) is 1.17. The molecule has 0 spiro atoms. The van der Waals surface area contributed by atoms with Crippen LogP contribution in [-0.4, -0.2) is 26.2 Å². The zero-order valence-electron chi connectivity index (χ0n) is 8.82. The molecule has 1 aromatic rings. The van der Waals surface area contributed by atoms with Crippen LogP contribution in [0.5, 0.6) is 0 Å². The van der Waals surface area contributed by atoms with Crippen molar-refractivity contribution in [2.45, 2.75) is 0 Å². The first-order valence-corrected chi connectivity index (χ1v) is 5.11. The van der Waals surface area contributed by atoms with Gasteiger partial charge in [-0.15, -0.1) is 0 Å². The predicted molar refractivity (Wildman–Crippen MR) is 63.0 cm³/mol. The lowest BCUT2D eigenvalue weighted by molar-refractivity contribution is 0.532. The Morgan fingerprint density at radius 2 is 1.47 bits per heavy atom. The number of anilines is 1. The number of nitrogens with one attached hydrogen (secondary N) is 2. The molecule has 0 atom stereocenters. The van der Waals surface area contributed by atoms with Crippen molar-refractivity contribution in [3.05, 3.63) is 30.3 Å². The van der Waals surface area contributed by atoms with Crippen LogP contribution >= 0.6 is 0 Å². The molecule has 5 nitrogen and oxygen atoms in total. The zero-order valence-corrected chi connectivity index (χ0v) is 8.82. The van der Waals surface area contributed by atoms with E-state index in [9.17, 15) is 0 Å². The van der Waals surface area contributed by atoms with Crippen molar-refractivity contribution >= 4 is 5.69 Å². The van der Waals surface area contributed by atoms with E-state index in [2.05, 4.69) is 10.9 Å². The minimum atomic E-state index is 0.591. The van der Waals surface area contributed by atoms with Crippen molar-refractivity contribution in [2.24, 2.45) is 11.5 Å². The average Bonchev–Trinajstić information content (AvgIpc) is 2.30. The van der Waals surface area contributed by atoms with E-state index in [0.717, 1.165) is 5.69 Å². The van der Waals surface area contributed by atoms with Gasteiger partial charge in [-0.1, -0.05) is 18.2 Å². The standard InChI is InChI=1S/C10H19N5/c11-6-8-13-15(14-9-7-12)10-4-2-1-3-5-10/h1-5,13-14H,6-9,11-12H2. The highest BCUT2D eigenvalue weighted by Crippen LogP contribution is 2.07. The molecule has 0 aliphatic carbocycles. The fourth-order valence-corrected chi connectivity index (χ4v) is 1.17. The summed E-state index contributed by atoms with van der Waals surface area (Å²) in [4.78, 5) is 0. The molecule has 0 radical (unpaired) electrons. The van der Waals surface area contributed by atoms with E-state index in [1.54, 1.807) is 0 Å². The normalized spacial score (nSPS) is 10.3. The maximum atomic E-state index is 5.44. The number of nitrogens with two attached hydrogens (primary N) is 2. The quantitative estimate of drug-likeness (QED) is 0.452. The molecule has 0 saturated carbocycles. The number of hydrogen-bond acceptors (Lipinski definition) is 5. The van der Waals surface area contributed by atoms with E-state index in [1.165, 1.54) is 0 Å². The lowest BCUT2D eigenvalue weighted by atomic mass is 10.3. The molecule has 1 aromatic carbocycles.